The van der Waals surface area contributed by atoms with E-state index >= 15 is 0 Å². The lowest BCUT2D eigenvalue weighted by Crippen LogP contribution is -2.26. The minimum absolute atomic E-state index is 0.518. The summed E-state index contributed by atoms with van der Waals surface area (Å²) in [6.45, 7) is 0. The first-order valence-electron chi connectivity index (χ1n) is 23.2. The van der Waals surface area contributed by atoms with Gasteiger partial charge in [0.2, 0.25) is 0 Å². The molecular formula is C62H51O7P3S. The summed E-state index contributed by atoms with van der Waals surface area (Å²) in [7, 11) is -7.58. The molecule has 10 rings (SSSR count). The van der Waals surface area contributed by atoms with Crippen molar-refractivity contribution in [1.82, 2.24) is 0 Å². The zero-order chi connectivity index (χ0) is 51.3. The van der Waals surface area contributed by atoms with Crippen LogP contribution < -0.4 is 58.0 Å². The molecule has 0 amide bonds. The molecule has 73 heavy (non-hydrogen) atoms. The maximum Gasteiger partial charge on any atom is 0.124 e. The first-order chi connectivity index (χ1) is 35.6. The van der Waals surface area contributed by atoms with E-state index in [9.17, 15) is 32.8 Å². The minimum atomic E-state index is -4.95. The van der Waals surface area contributed by atoms with Crippen LogP contribution in [0.3, 0.4) is 0 Å². The zero-order valence-corrected chi connectivity index (χ0v) is 43.3. The average molecular weight is 1030 g/mol. The smallest absolute Gasteiger partial charge is 0.124 e. The first kappa shape index (κ1) is 53.1. The zero-order valence-electron chi connectivity index (χ0n) is 39.5. The van der Waals surface area contributed by atoms with Crippen LogP contribution in [0.15, 0.2) is 296 Å². The highest BCUT2D eigenvalue weighted by Crippen LogP contribution is 2.34. The SMILES string of the molecule is O=C([O-])c1cc(C(=O)[O-])cc(S(=O)(=O)[O-])c1.c1ccc([PH+](c2ccccc2)c2ccccc2)cc1.c1ccc([PH+](c2ccccc2)c2ccccc2)cc1.c1ccc([PH+](c2ccccc2)c2ccccc2)cc1. The van der Waals surface area contributed by atoms with Gasteiger partial charge >= 0.3 is 0 Å². The Balaban J connectivity index is 0.000000143. The van der Waals surface area contributed by atoms with Crippen molar-refractivity contribution in [3.05, 3.63) is 302 Å². The fourth-order valence-corrected chi connectivity index (χ4v) is 16.2. The highest BCUT2D eigenvalue weighted by atomic mass is 32.2. The topological polar surface area (TPSA) is 137 Å². The van der Waals surface area contributed by atoms with Gasteiger partial charge in [-0.05, 0) is 139 Å². The lowest BCUT2D eigenvalue weighted by atomic mass is 10.1. The number of carboxylic acid groups (broad SMARTS) is 2. The van der Waals surface area contributed by atoms with Crippen molar-refractivity contribution < 1.29 is 32.8 Å². The molecule has 0 radical (unpaired) electrons. The fraction of sp³-hybridized carbons (Fsp3) is 0. The largest absolute Gasteiger partial charge is 0.744 e. The monoisotopic (exact) mass is 1030 g/mol. The van der Waals surface area contributed by atoms with Gasteiger partial charge in [0.25, 0.3) is 0 Å². The molecule has 10 aromatic rings. The number of carbonyl (C=O) groups is 2. The Morgan fingerprint density at radius 1 is 0.274 bits per heavy atom. The third kappa shape index (κ3) is 15.7. The van der Waals surface area contributed by atoms with E-state index in [0.29, 0.717) is 18.2 Å². The molecule has 0 aliphatic carbocycles. The molecule has 0 fully saturated rings. The quantitative estimate of drug-likeness (QED) is 0.0965. The minimum Gasteiger partial charge on any atom is -0.744 e. The van der Waals surface area contributed by atoms with Crippen LogP contribution in [0.25, 0.3) is 0 Å². The van der Waals surface area contributed by atoms with Gasteiger partial charge in [-0.2, -0.15) is 0 Å². The van der Waals surface area contributed by atoms with E-state index in [4.69, 9.17) is 0 Å². The summed E-state index contributed by atoms with van der Waals surface area (Å²) in [5, 5.41) is 33.8. The van der Waals surface area contributed by atoms with Crippen LogP contribution in [0.1, 0.15) is 20.7 Å². The molecule has 0 aliphatic heterocycles. The van der Waals surface area contributed by atoms with E-state index in [1.165, 1.54) is 47.7 Å². The molecule has 0 atom stereocenters. The van der Waals surface area contributed by atoms with E-state index < -0.39 is 61.8 Å². The van der Waals surface area contributed by atoms with Crippen molar-refractivity contribution in [3.8, 4) is 0 Å². The Morgan fingerprint density at radius 3 is 0.548 bits per heavy atom. The molecule has 7 nitrogen and oxygen atoms in total. The standard InChI is InChI=1S/3C18H15P.C8H6O7S/c3*1-4-10-16(11-5-1)19(17-12-6-2-7-13-17)18-14-8-3-9-15-18;9-7(10)4-1-5(8(11)12)3-6(2-4)16(13,14)15/h3*1-15H;1-3H,(H,9,10)(H,11,12)(H,13,14,15). The van der Waals surface area contributed by atoms with Crippen LogP contribution in [0.5, 0.6) is 0 Å². The van der Waals surface area contributed by atoms with Crippen molar-refractivity contribution in [2.75, 3.05) is 0 Å². The number of carbonyl (C=O) groups excluding carboxylic acids is 2. The molecule has 362 valence electrons. The van der Waals surface area contributed by atoms with Crippen LogP contribution in [-0.4, -0.2) is 24.9 Å². The molecule has 0 heterocycles. The summed E-state index contributed by atoms with van der Waals surface area (Å²) in [6.07, 6.45) is 0. The lowest BCUT2D eigenvalue weighted by Gasteiger charge is -2.13. The van der Waals surface area contributed by atoms with E-state index in [1.54, 1.807) is 0 Å². The second-order valence-electron chi connectivity index (χ2n) is 16.2. The van der Waals surface area contributed by atoms with Gasteiger partial charge in [0.05, 0.1) is 40.6 Å². The number of aromatic carboxylic acids is 2. The average Bonchev–Trinajstić information content (AvgIpc) is 3.44. The van der Waals surface area contributed by atoms with Gasteiger partial charge in [0.1, 0.15) is 57.9 Å². The molecular weight excluding hydrogens is 982 g/mol. The summed E-state index contributed by atoms with van der Waals surface area (Å²) < 4.78 is 31.8. The van der Waals surface area contributed by atoms with Gasteiger partial charge in [-0.3, -0.25) is 0 Å². The van der Waals surface area contributed by atoms with Crippen molar-refractivity contribution in [3.63, 3.8) is 0 Å². The maximum absolute atomic E-state index is 10.6. The highest BCUT2D eigenvalue weighted by Gasteiger charge is 2.26. The van der Waals surface area contributed by atoms with E-state index in [-0.39, 0.29) is 0 Å². The Morgan fingerprint density at radius 2 is 0.425 bits per heavy atom. The number of hydrogen-bond donors (Lipinski definition) is 0. The molecule has 0 saturated carbocycles. The van der Waals surface area contributed by atoms with Crippen molar-refractivity contribution in [2.45, 2.75) is 4.90 Å². The lowest BCUT2D eigenvalue weighted by molar-refractivity contribution is -0.255. The third-order valence-electron chi connectivity index (χ3n) is 11.2. The van der Waals surface area contributed by atoms with E-state index in [1.807, 2.05) is 0 Å². The van der Waals surface area contributed by atoms with Crippen LogP contribution in [0.2, 0.25) is 0 Å². The Labute approximate surface area is 431 Å². The summed E-state index contributed by atoms with van der Waals surface area (Å²) >= 11 is 0. The van der Waals surface area contributed by atoms with Gasteiger partial charge < -0.3 is 24.4 Å². The normalized spacial score (nSPS) is 10.7. The molecule has 0 spiro atoms. The number of benzene rings is 10. The molecule has 0 aromatic heterocycles. The van der Waals surface area contributed by atoms with Crippen LogP contribution in [0.4, 0.5) is 0 Å². The third-order valence-corrected chi connectivity index (χ3v) is 20.2. The van der Waals surface area contributed by atoms with Gasteiger partial charge in [0, 0.05) is 0 Å². The number of carboxylic acids is 2. The second-order valence-corrected chi connectivity index (χ2v) is 25.0. The van der Waals surface area contributed by atoms with Crippen LogP contribution >= 0.6 is 23.8 Å². The van der Waals surface area contributed by atoms with E-state index in [0.717, 1.165) is 0 Å². The Bertz CT molecular complexity index is 2750. The molecule has 0 saturated heterocycles. The Kier molecular flexibility index (Phi) is 19.8. The summed E-state index contributed by atoms with van der Waals surface area (Å²) in [5.41, 5.74) is -1.45. The molecule has 10 aromatic carbocycles. The predicted molar refractivity (Wildman–Crippen MR) is 303 cm³/mol. The molecule has 0 N–H and O–H groups in total. The van der Waals surface area contributed by atoms with Gasteiger partial charge in [-0.15, -0.1) is 0 Å². The molecule has 0 bridgehead atoms. The molecule has 11 heteroatoms. The predicted octanol–water partition coefficient (Wildman–Crippen LogP) is 6.85. The van der Waals surface area contributed by atoms with Gasteiger partial charge in [0.15, 0.2) is 0 Å². The summed E-state index contributed by atoms with van der Waals surface area (Å²) in [4.78, 5) is 19.9. The maximum atomic E-state index is 10.6. The number of hydrogen-bond acceptors (Lipinski definition) is 7. The summed E-state index contributed by atoms with van der Waals surface area (Å²) in [5.74, 6) is -3.60. The van der Waals surface area contributed by atoms with Crippen molar-refractivity contribution in [2.24, 2.45) is 0 Å². The fourth-order valence-electron chi connectivity index (χ4n) is 7.92. The van der Waals surface area contributed by atoms with Crippen LogP contribution in [-0.2, 0) is 10.1 Å². The van der Waals surface area contributed by atoms with Gasteiger partial charge in [-0.25, -0.2) is 8.42 Å². The first-order valence-corrected chi connectivity index (χ1v) is 29.1. The number of rotatable bonds is 12. The van der Waals surface area contributed by atoms with Crippen molar-refractivity contribution in [1.29, 1.82) is 0 Å². The van der Waals surface area contributed by atoms with Crippen LogP contribution in [0, 0.1) is 0 Å². The molecule has 0 unspecified atom stereocenters. The Hall–Kier alpha value is -7.66. The summed E-state index contributed by atoms with van der Waals surface area (Å²) in [6, 6.07) is 99.2. The highest BCUT2D eigenvalue weighted by molar-refractivity contribution is 7.85. The molecule has 0 aliphatic rings. The van der Waals surface area contributed by atoms with E-state index in [2.05, 4.69) is 273 Å². The van der Waals surface area contributed by atoms with Gasteiger partial charge in [-0.1, -0.05) is 164 Å². The second kappa shape index (κ2) is 27.2. The van der Waals surface area contributed by atoms with Crippen molar-refractivity contribution >= 4 is 93.6 Å².